The second-order valence-electron chi connectivity index (χ2n) is 6.27. The number of para-hydroxylation sites is 1. The van der Waals surface area contributed by atoms with E-state index in [0.717, 1.165) is 29.4 Å². The summed E-state index contributed by atoms with van der Waals surface area (Å²) in [4.78, 5) is 11.0. The van der Waals surface area contributed by atoms with Gasteiger partial charge in [0.05, 0.1) is 0 Å². The van der Waals surface area contributed by atoms with Crippen molar-refractivity contribution in [1.82, 2.24) is 9.88 Å². The Balaban J connectivity index is 2.24. The van der Waals surface area contributed by atoms with Crippen LogP contribution in [0.5, 0.6) is 11.5 Å². The predicted molar refractivity (Wildman–Crippen MR) is 122 cm³/mol. The number of ether oxygens (including phenoxy) is 1. The Kier molecular flexibility index (Phi) is 9.31. The fourth-order valence-electron chi connectivity index (χ4n) is 2.26. The Hall–Kier alpha value is -2.57. The SMILES string of the molecule is C/C=C/SC(=NC)Nc1ncc(/C=C/CCN(C)C)cc1Oc1ccccc1. The van der Waals surface area contributed by atoms with Gasteiger partial charge < -0.3 is 15.0 Å². The lowest BCUT2D eigenvalue weighted by Gasteiger charge is -2.13. The summed E-state index contributed by atoms with van der Waals surface area (Å²) >= 11 is 1.50. The van der Waals surface area contributed by atoms with Crippen LogP contribution in [0.2, 0.25) is 0 Å². The first-order valence-corrected chi connectivity index (χ1v) is 10.1. The number of hydrogen-bond acceptors (Lipinski definition) is 5. The van der Waals surface area contributed by atoms with Gasteiger partial charge in [0.15, 0.2) is 16.7 Å². The first kappa shape index (κ1) is 21.7. The zero-order valence-electron chi connectivity index (χ0n) is 16.9. The van der Waals surface area contributed by atoms with E-state index < -0.39 is 0 Å². The van der Waals surface area contributed by atoms with Crippen LogP contribution in [0.4, 0.5) is 5.82 Å². The van der Waals surface area contributed by atoms with Crippen molar-refractivity contribution in [3.63, 3.8) is 0 Å². The largest absolute Gasteiger partial charge is 0.453 e. The van der Waals surface area contributed by atoms with Crippen LogP contribution >= 0.6 is 11.8 Å². The lowest BCUT2D eigenvalue weighted by atomic mass is 10.2. The molecule has 2 rings (SSSR count). The molecule has 0 aliphatic heterocycles. The van der Waals surface area contributed by atoms with Crippen LogP contribution in [0.25, 0.3) is 6.08 Å². The number of allylic oxidation sites excluding steroid dienone is 1. The van der Waals surface area contributed by atoms with Crippen LogP contribution in [0.15, 0.2) is 65.1 Å². The van der Waals surface area contributed by atoms with Crippen LogP contribution in [-0.2, 0) is 0 Å². The van der Waals surface area contributed by atoms with Crippen molar-refractivity contribution in [2.45, 2.75) is 13.3 Å². The smallest absolute Gasteiger partial charge is 0.175 e. The van der Waals surface area contributed by atoms with E-state index in [9.17, 15) is 0 Å². The summed E-state index contributed by atoms with van der Waals surface area (Å²) in [6.07, 6.45) is 9.00. The number of anilines is 1. The summed E-state index contributed by atoms with van der Waals surface area (Å²) in [6, 6.07) is 11.7. The molecule has 6 heteroatoms. The maximum atomic E-state index is 6.10. The minimum Gasteiger partial charge on any atom is -0.453 e. The number of amidine groups is 1. The van der Waals surface area contributed by atoms with Crippen molar-refractivity contribution in [2.75, 3.05) is 33.0 Å². The average molecular weight is 397 g/mol. The Labute approximate surface area is 172 Å². The number of nitrogens with one attached hydrogen (secondary N) is 1. The second kappa shape index (κ2) is 12.0. The van der Waals surface area contributed by atoms with E-state index in [4.69, 9.17) is 4.74 Å². The molecule has 0 atom stereocenters. The molecule has 0 radical (unpaired) electrons. The maximum absolute atomic E-state index is 6.10. The zero-order valence-corrected chi connectivity index (χ0v) is 17.7. The topological polar surface area (TPSA) is 49.8 Å². The van der Waals surface area contributed by atoms with Gasteiger partial charge >= 0.3 is 0 Å². The summed E-state index contributed by atoms with van der Waals surface area (Å²) in [5, 5.41) is 5.97. The first-order chi connectivity index (χ1) is 13.6. The van der Waals surface area contributed by atoms with Gasteiger partial charge in [-0.3, -0.25) is 4.99 Å². The third kappa shape index (κ3) is 7.58. The van der Waals surface area contributed by atoms with E-state index in [0.29, 0.717) is 11.6 Å². The van der Waals surface area contributed by atoms with Crippen LogP contribution < -0.4 is 10.1 Å². The fraction of sp³-hybridized carbons (Fsp3) is 0.273. The van der Waals surface area contributed by atoms with Gasteiger partial charge in [0, 0.05) is 19.8 Å². The number of thioether (sulfide) groups is 1. The van der Waals surface area contributed by atoms with E-state index in [-0.39, 0.29) is 0 Å². The molecule has 0 amide bonds. The highest BCUT2D eigenvalue weighted by Gasteiger charge is 2.10. The quantitative estimate of drug-likeness (QED) is 0.471. The number of rotatable bonds is 8. The highest BCUT2D eigenvalue weighted by Crippen LogP contribution is 2.30. The molecule has 2 aromatic rings. The highest BCUT2D eigenvalue weighted by atomic mass is 32.2. The van der Waals surface area contributed by atoms with Crippen molar-refractivity contribution < 1.29 is 4.74 Å². The number of pyridine rings is 1. The lowest BCUT2D eigenvalue weighted by Crippen LogP contribution is -2.11. The molecule has 0 fully saturated rings. The summed E-state index contributed by atoms with van der Waals surface area (Å²) in [5.41, 5.74) is 0.992. The summed E-state index contributed by atoms with van der Waals surface area (Å²) < 4.78 is 6.10. The number of hydrogen-bond donors (Lipinski definition) is 1. The monoisotopic (exact) mass is 396 g/mol. The fourth-order valence-corrected chi connectivity index (χ4v) is 2.79. The van der Waals surface area contributed by atoms with E-state index in [1.807, 2.05) is 61.0 Å². The second-order valence-corrected chi connectivity index (χ2v) is 7.16. The Morgan fingerprint density at radius 3 is 2.75 bits per heavy atom. The molecule has 1 N–H and O–H groups in total. The first-order valence-electron chi connectivity index (χ1n) is 9.18. The molecule has 0 saturated carbocycles. The van der Waals surface area contributed by atoms with E-state index in [1.54, 1.807) is 7.05 Å². The van der Waals surface area contributed by atoms with E-state index in [2.05, 4.69) is 46.4 Å². The molecule has 5 nitrogen and oxygen atoms in total. The Bertz CT molecular complexity index is 817. The van der Waals surface area contributed by atoms with Gasteiger partial charge in [-0.25, -0.2) is 4.98 Å². The maximum Gasteiger partial charge on any atom is 0.175 e. The molecule has 0 aliphatic carbocycles. The standard InChI is InChI=1S/C22H28N4OS/c1-5-15-28-22(23-2)25-21-20(27-19-12-7-6-8-13-19)16-18(17-24-21)11-9-10-14-26(3)4/h5-9,11-13,15-17H,10,14H2,1-4H3,(H,23,24,25)/b11-9+,15-5+. The molecular weight excluding hydrogens is 368 g/mol. The molecule has 1 heterocycles. The molecule has 0 unspecified atom stereocenters. The summed E-state index contributed by atoms with van der Waals surface area (Å²) in [7, 11) is 5.89. The van der Waals surface area contributed by atoms with Crippen LogP contribution in [-0.4, -0.2) is 42.7 Å². The van der Waals surface area contributed by atoms with Gasteiger partial charge in [-0.1, -0.05) is 48.2 Å². The summed E-state index contributed by atoms with van der Waals surface area (Å²) in [5.74, 6) is 2.05. The number of aliphatic imine (C=N–C) groups is 1. The molecule has 0 saturated heterocycles. The third-order valence-corrected chi connectivity index (χ3v) is 4.56. The number of benzene rings is 1. The Morgan fingerprint density at radius 1 is 1.29 bits per heavy atom. The van der Waals surface area contributed by atoms with Crippen molar-refractivity contribution >= 4 is 28.8 Å². The van der Waals surface area contributed by atoms with Gasteiger partial charge in [0.25, 0.3) is 0 Å². The van der Waals surface area contributed by atoms with E-state index >= 15 is 0 Å². The minimum absolute atomic E-state index is 0.631. The molecule has 1 aromatic heterocycles. The normalized spacial score (nSPS) is 12.2. The van der Waals surface area contributed by atoms with Gasteiger partial charge in [-0.15, -0.1) is 0 Å². The molecule has 0 bridgehead atoms. The lowest BCUT2D eigenvalue weighted by molar-refractivity contribution is 0.417. The summed E-state index contributed by atoms with van der Waals surface area (Å²) in [6.45, 7) is 2.98. The van der Waals surface area contributed by atoms with Crippen LogP contribution in [0, 0.1) is 0 Å². The van der Waals surface area contributed by atoms with Gasteiger partial charge in [-0.05, 0) is 56.6 Å². The van der Waals surface area contributed by atoms with Crippen molar-refractivity contribution in [2.24, 2.45) is 4.99 Å². The molecule has 0 aliphatic rings. The van der Waals surface area contributed by atoms with Gasteiger partial charge in [0.2, 0.25) is 0 Å². The predicted octanol–water partition coefficient (Wildman–Crippen LogP) is 5.50. The molecule has 0 spiro atoms. The zero-order chi connectivity index (χ0) is 20.2. The van der Waals surface area contributed by atoms with Crippen LogP contribution in [0.3, 0.4) is 0 Å². The molecule has 28 heavy (non-hydrogen) atoms. The van der Waals surface area contributed by atoms with Crippen molar-refractivity contribution in [3.8, 4) is 11.5 Å². The molecular formula is C22H28N4OS. The minimum atomic E-state index is 0.631. The van der Waals surface area contributed by atoms with Crippen LogP contribution in [0.1, 0.15) is 18.9 Å². The van der Waals surface area contributed by atoms with Gasteiger partial charge in [0.1, 0.15) is 5.75 Å². The van der Waals surface area contributed by atoms with Crippen molar-refractivity contribution in [3.05, 3.63) is 65.7 Å². The molecule has 1 aromatic carbocycles. The van der Waals surface area contributed by atoms with Gasteiger partial charge in [-0.2, -0.15) is 0 Å². The third-order valence-electron chi connectivity index (χ3n) is 3.64. The number of aromatic nitrogens is 1. The Morgan fingerprint density at radius 2 is 2.07 bits per heavy atom. The highest BCUT2D eigenvalue weighted by molar-refractivity contribution is 8.16. The average Bonchev–Trinajstić information content (AvgIpc) is 2.70. The molecule has 148 valence electrons. The number of nitrogens with zero attached hydrogens (tertiary/aromatic N) is 3. The van der Waals surface area contributed by atoms with Crippen molar-refractivity contribution in [1.29, 1.82) is 0 Å². The van der Waals surface area contributed by atoms with E-state index in [1.165, 1.54) is 11.8 Å².